The van der Waals surface area contributed by atoms with Crippen LogP contribution in [0.25, 0.3) is 0 Å². The molecule has 0 aliphatic rings. The third-order valence-electron chi connectivity index (χ3n) is 4.83. The van der Waals surface area contributed by atoms with Crippen LogP contribution in [0.2, 0.25) is 0 Å². The van der Waals surface area contributed by atoms with Crippen molar-refractivity contribution in [1.29, 1.82) is 0 Å². The van der Waals surface area contributed by atoms with Crippen LogP contribution in [0.3, 0.4) is 0 Å². The van der Waals surface area contributed by atoms with Gasteiger partial charge in [-0.25, -0.2) is 0 Å². The normalized spacial score (nSPS) is 17.1. The fraction of sp³-hybridized carbons (Fsp3) is 1.00. The van der Waals surface area contributed by atoms with E-state index in [4.69, 9.17) is 38.0 Å². The van der Waals surface area contributed by atoms with E-state index in [1.54, 1.807) is 7.11 Å². The highest BCUT2D eigenvalue weighted by atomic mass is 17.0. The maximum atomic E-state index is 6.63. The fourth-order valence-electron chi connectivity index (χ4n) is 3.12. The van der Waals surface area contributed by atoms with Crippen LogP contribution in [0.5, 0.6) is 0 Å². The van der Waals surface area contributed by atoms with Gasteiger partial charge in [-0.3, -0.25) is 4.84 Å². The van der Waals surface area contributed by atoms with Crippen molar-refractivity contribution in [2.75, 3.05) is 40.1 Å². The minimum atomic E-state index is -1.82. The molecular formula is C27H57NO8. The van der Waals surface area contributed by atoms with Crippen LogP contribution in [-0.4, -0.2) is 75.2 Å². The minimum Gasteiger partial charge on any atom is -0.382 e. The lowest BCUT2D eigenvalue weighted by Crippen LogP contribution is -2.70. The van der Waals surface area contributed by atoms with Crippen LogP contribution in [0.15, 0.2) is 0 Å². The van der Waals surface area contributed by atoms with Gasteiger partial charge in [0.15, 0.2) is 0 Å². The van der Waals surface area contributed by atoms with Crippen molar-refractivity contribution in [2.24, 2.45) is 5.92 Å². The summed E-state index contributed by atoms with van der Waals surface area (Å²) in [4.78, 5) is 6.63. The average Bonchev–Trinajstić information content (AvgIpc) is 2.79. The molecule has 0 heterocycles. The van der Waals surface area contributed by atoms with Crippen LogP contribution in [0, 0.1) is 5.92 Å². The number of hydroxylamine groups is 2. The number of unbranched alkanes of at least 4 members (excludes halogenated alkanes) is 1. The summed E-state index contributed by atoms with van der Waals surface area (Å²) >= 11 is 0. The Hall–Kier alpha value is -0.360. The number of hydrogen-bond donors (Lipinski definition) is 0. The highest BCUT2D eigenvalue weighted by molar-refractivity contribution is 4.73. The summed E-state index contributed by atoms with van der Waals surface area (Å²) in [5, 5.41) is 1.36. The highest BCUT2D eigenvalue weighted by Crippen LogP contribution is 2.38. The van der Waals surface area contributed by atoms with Gasteiger partial charge in [0.2, 0.25) is 0 Å². The van der Waals surface area contributed by atoms with E-state index >= 15 is 0 Å². The van der Waals surface area contributed by atoms with E-state index in [0.717, 1.165) is 25.7 Å². The molecule has 3 unspecified atom stereocenters. The Bertz CT molecular complexity index is 548. The first kappa shape index (κ1) is 35.6. The molecule has 9 heteroatoms. The second-order valence-corrected chi connectivity index (χ2v) is 10.3. The summed E-state index contributed by atoms with van der Waals surface area (Å²) in [5.41, 5.74) is -0.841. The van der Waals surface area contributed by atoms with Crippen LogP contribution >= 0.6 is 0 Å². The maximum absolute atomic E-state index is 6.63. The Morgan fingerprint density at radius 3 is 1.83 bits per heavy atom. The molecule has 0 amide bonds. The molecule has 36 heavy (non-hydrogen) atoms. The summed E-state index contributed by atoms with van der Waals surface area (Å²) in [6.07, 6.45) is -0.972. The molecule has 3 atom stereocenters. The van der Waals surface area contributed by atoms with Gasteiger partial charge < -0.3 is 33.2 Å². The summed E-state index contributed by atoms with van der Waals surface area (Å²) in [5.74, 6) is 0.192. The molecule has 0 spiro atoms. The zero-order valence-electron chi connectivity index (χ0n) is 25.3. The lowest BCUT2D eigenvalue weighted by molar-refractivity contribution is -0.630. The van der Waals surface area contributed by atoms with Gasteiger partial charge in [-0.2, -0.15) is 0 Å². The van der Waals surface area contributed by atoms with Crippen molar-refractivity contribution in [1.82, 2.24) is 5.06 Å². The van der Waals surface area contributed by atoms with Crippen LogP contribution in [0.4, 0.5) is 0 Å². The predicted octanol–water partition coefficient (Wildman–Crippen LogP) is 6.06. The second-order valence-electron chi connectivity index (χ2n) is 10.3. The zero-order valence-corrected chi connectivity index (χ0v) is 25.3. The number of nitrogens with zero attached hydrogens (tertiary/aromatic N) is 1. The summed E-state index contributed by atoms with van der Waals surface area (Å²) in [7, 11) is 1.62. The molecule has 0 radical (unpaired) electrons. The van der Waals surface area contributed by atoms with Crippen molar-refractivity contribution in [3.8, 4) is 0 Å². The Balaban J connectivity index is 7.16. The molecule has 0 bridgehead atoms. The standard InChI is InChI=1S/C27H57NO8/c1-13-17-19-32-27(33-20-22(5)6,35-24(9)15-3)28(36-25(10,11)21-29-12)26(30-16-4,31-18-14-2)34-23(7)8/h22-24H,13-21H2,1-12H3. The molecule has 0 aromatic heterocycles. The van der Waals surface area contributed by atoms with Crippen molar-refractivity contribution in [2.45, 2.75) is 132 Å². The first-order valence-corrected chi connectivity index (χ1v) is 13.8. The first-order chi connectivity index (χ1) is 16.9. The summed E-state index contributed by atoms with van der Waals surface area (Å²) in [6.45, 7) is 23.3. The topological polar surface area (TPSA) is 77.1 Å². The Labute approximate surface area is 221 Å². The van der Waals surface area contributed by atoms with Crippen LogP contribution in [0.1, 0.15) is 102 Å². The van der Waals surface area contributed by atoms with Crippen LogP contribution in [-0.2, 0) is 38.0 Å². The van der Waals surface area contributed by atoms with E-state index in [0.29, 0.717) is 19.8 Å². The molecule has 0 saturated heterocycles. The molecular weight excluding hydrogens is 466 g/mol. The largest absolute Gasteiger partial charge is 0.383 e. The van der Waals surface area contributed by atoms with Crippen LogP contribution < -0.4 is 0 Å². The van der Waals surface area contributed by atoms with Gasteiger partial charge in [0.1, 0.15) is 5.60 Å². The third kappa shape index (κ3) is 12.5. The predicted molar refractivity (Wildman–Crippen MR) is 141 cm³/mol. The molecule has 0 rings (SSSR count). The fourth-order valence-corrected chi connectivity index (χ4v) is 3.12. The van der Waals surface area contributed by atoms with E-state index in [9.17, 15) is 0 Å². The van der Waals surface area contributed by atoms with Gasteiger partial charge in [-0.05, 0) is 71.8 Å². The van der Waals surface area contributed by atoms with Gasteiger partial charge in [-0.1, -0.05) is 41.0 Å². The number of rotatable bonds is 23. The molecule has 0 aliphatic carbocycles. The summed E-state index contributed by atoms with van der Waals surface area (Å²) < 4.78 is 43.9. The zero-order chi connectivity index (χ0) is 27.8. The Morgan fingerprint density at radius 2 is 1.36 bits per heavy atom. The smallest absolute Gasteiger partial charge is 0.382 e. The first-order valence-electron chi connectivity index (χ1n) is 13.8. The molecule has 0 saturated carbocycles. The van der Waals surface area contributed by atoms with E-state index in [2.05, 4.69) is 20.8 Å². The van der Waals surface area contributed by atoms with E-state index in [1.165, 1.54) is 5.06 Å². The molecule has 0 aliphatic heterocycles. The van der Waals surface area contributed by atoms with Crippen molar-refractivity contribution in [3.05, 3.63) is 0 Å². The van der Waals surface area contributed by atoms with E-state index < -0.39 is 17.8 Å². The molecule has 0 N–H and O–H groups in total. The van der Waals surface area contributed by atoms with Crippen molar-refractivity contribution in [3.63, 3.8) is 0 Å². The Kier molecular flexibility index (Phi) is 17.8. The van der Waals surface area contributed by atoms with Gasteiger partial charge in [-0.15, -0.1) is 0 Å². The Morgan fingerprint density at radius 1 is 0.750 bits per heavy atom. The highest BCUT2D eigenvalue weighted by Gasteiger charge is 2.60. The van der Waals surface area contributed by atoms with Gasteiger partial charge in [0, 0.05) is 7.11 Å². The third-order valence-corrected chi connectivity index (χ3v) is 4.83. The molecule has 0 fully saturated rings. The van der Waals surface area contributed by atoms with Gasteiger partial charge in [0.05, 0.1) is 45.2 Å². The quantitative estimate of drug-likeness (QED) is 0.0902. The average molecular weight is 524 g/mol. The number of ether oxygens (including phenoxy) is 7. The van der Waals surface area contributed by atoms with E-state index in [1.807, 2.05) is 55.4 Å². The molecule has 0 aromatic carbocycles. The molecule has 0 aromatic rings. The molecule has 218 valence electrons. The van der Waals surface area contributed by atoms with E-state index in [-0.39, 0.29) is 31.3 Å². The number of methoxy groups -OCH3 is 1. The van der Waals surface area contributed by atoms with Crippen molar-refractivity contribution >= 4 is 0 Å². The lowest BCUT2D eigenvalue weighted by atomic mass is 10.2. The van der Waals surface area contributed by atoms with Crippen molar-refractivity contribution < 1.29 is 38.0 Å². The SMILES string of the molecule is CCCCOC(OCC(C)C)(OC(C)CC)N(OC(C)(C)COC)C(OCC)(OCCC)OC(C)C. The number of hydrogen-bond acceptors (Lipinski definition) is 9. The summed E-state index contributed by atoms with van der Waals surface area (Å²) in [6, 6.07) is 0. The molecule has 9 nitrogen and oxygen atoms in total. The minimum absolute atomic E-state index is 0.192. The van der Waals surface area contributed by atoms with Gasteiger partial charge in [0.25, 0.3) is 0 Å². The second kappa shape index (κ2) is 18.0. The maximum Gasteiger partial charge on any atom is 0.383 e. The monoisotopic (exact) mass is 523 g/mol. The lowest BCUT2D eigenvalue weighted by Gasteiger charge is -2.51. The van der Waals surface area contributed by atoms with Gasteiger partial charge >= 0.3 is 12.2 Å².